The Morgan fingerprint density at radius 3 is 2.64 bits per heavy atom. The van der Waals surface area contributed by atoms with Gasteiger partial charge in [-0.2, -0.15) is 5.26 Å². The van der Waals surface area contributed by atoms with Gasteiger partial charge in [0.25, 0.3) is 0 Å². The van der Waals surface area contributed by atoms with Gasteiger partial charge in [0.15, 0.2) is 0 Å². The van der Waals surface area contributed by atoms with E-state index in [0.717, 1.165) is 27.3 Å². The molecular formula is C19H14N4OS. The lowest BCUT2D eigenvalue weighted by atomic mass is 9.99. The average Bonchev–Trinajstić information content (AvgIpc) is 3.05. The van der Waals surface area contributed by atoms with E-state index in [9.17, 15) is 5.26 Å². The summed E-state index contributed by atoms with van der Waals surface area (Å²) in [4.78, 5) is 9.55. The molecule has 6 heteroatoms. The van der Waals surface area contributed by atoms with E-state index < -0.39 is 0 Å². The van der Waals surface area contributed by atoms with E-state index in [1.54, 1.807) is 5.51 Å². The molecule has 25 heavy (non-hydrogen) atoms. The predicted octanol–water partition coefficient (Wildman–Crippen LogP) is 2.98. The first-order valence-corrected chi connectivity index (χ1v) is 8.33. The number of pyridine rings is 1. The summed E-state index contributed by atoms with van der Waals surface area (Å²) in [5.74, 6) is 5.65. The fourth-order valence-corrected chi connectivity index (χ4v) is 3.21. The first-order valence-electron chi connectivity index (χ1n) is 7.45. The molecule has 1 aromatic carbocycles. The van der Waals surface area contributed by atoms with Crippen molar-refractivity contribution in [3.63, 3.8) is 0 Å². The number of aliphatic hydroxyl groups is 1. The number of nitriles is 1. The average molecular weight is 346 g/mol. The van der Waals surface area contributed by atoms with Crippen molar-refractivity contribution >= 4 is 17.2 Å². The van der Waals surface area contributed by atoms with Crippen LogP contribution in [0.4, 0.5) is 5.82 Å². The second-order valence-corrected chi connectivity index (χ2v) is 6.09. The lowest BCUT2D eigenvalue weighted by molar-refractivity contribution is 0.350. The Balaban J connectivity index is 2.13. The number of benzene rings is 1. The maximum absolute atomic E-state index is 9.48. The van der Waals surface area contributed by atoms with E-state index in [1.165, 1.54) is 11.3 Å². The van der Waals surface area contributed by atoms with Crippen molar-refractivity contribution in [1.82, 2.24) is 9.97 Å². The summed E-state index contributed by atoms with van der Waals surface area (Å²) in [5.41, 5.74) is 12.1. The Hall–Kier alpha value is -3.19. The first-order chi connectivity index (χ1) is 12.1. The van der Waals surface area contributed by atoms with Crippen LogP contribution in [0.3, 0.4) is 0 Å². The van der Waals surface area contributed by atoms with E-state index in [1.807, 2.05) is 37.3 Å². The van der Waals surface area contributed by atoms with Gasteiger partial charge in [0.05, 0.1) is 21.8 Å². The maximum atomic E-state index is 9.48. The molecule has 0 amide bonds. The van der Waals surface area contributed by atoms with Gasteiger partial charge in [-0.1, -0.05) is 24.0 Å². The number of aromatic nitrogens is 2. The van der Waals surface area contributed by atoms with Gasteiger partial charge in [0, 0.05) is 11.1 Å². The second kappa shape index (κ2) is 7.14. The zero-order valence-corrected chi connectivity index (χ0v) is 14.3. The van der Waals surface area contributed by atoms with Crippen LogP contribution in [0.2, 0.25) is 0 Å². The minimum atomic E-state index is -0.182. The van der Waals surface area contributed by atoms with Crippen LogP contribution in [0.1, 0.15) is 16.8 Å². The summed E-state index contributed by atoms with van der Waals surface area (Å²) >= 11 is 1.49. The lowest BCUT2D eigenvalue weighted by Crippen LogP contribution is -1.99. The van der Waals surface area contributed by atoms with Crippen molar-refractivity contribution in [3.05, 3.63) is 52.7 Å². The minimum Gasteiger partial charge on any atom is -0.384 e. The monoisotopic (exact) mass is 346 g/mol. The van der Waals surface area contributed by atoms with Crippen molar-refractivity contribution in [2.45, 2.75) is 6.92 Å². The number of thiazole rings is 1. The zero-order valence-electron chi connectivity index (χ0n) is 13.4. The van der Waals surface area contributed by atoms with Crippen LogP contribution in [0, 0.1) is 30.1 Å². The number of nitrogens with zero attached hydrogens (tertiary/aromatic N) is 3. The molecule has 3 N–H and O–H groups in total. The highest BCUT2D eigenvalue weighted by Gasteiger charge is 2.15. The van der Waals surface area contributed by atoms with Crippen LogP contribution in [-0.2, 0) is 0 Å². The Morgan fingerprint density at radius 1 is 1.28 bits per heavy atom. The summed E-state index contributed by atoms with van der Waals surface area (Å²) in [6.45, 7) is 1.73. The number of aliphatic hydroxyl groups excluding tert-OH is 1. The Bertz CT molecular complexity index is 1020. The Morgan fingerprint density at radius 2 is 2.04 bits per heavy atom. The lowest BCUT2D eigenvalue weighted by Gasteiger charge is -2.10. The molecule has 0 saturated carbocycles. The third-order valence-electron chi connectivity index (χ3n) is 3.65. The number of hydrogen-bond donors (Lipinski definition) is 2. The van der Waals surface area contributed by atoms with Crippen molar-refractivity contribution < 1.29 is 5.11 Å². The molecule has 2 aromatic heterocycles. The highest BCUT2D eigenvalue weighted by atomic mass is 32.1. The molecule has 0 aliphatic heterocycles. The first kappa shape index (κ1) is 16.7. The SMILES string of the molecule is Cc1ncsc1-c1cc(-c2ccc(C#CCO)cc2)c(C#N)c(N)n1. The summed E-state index contributed by atoms with van der Waals surface area (Å²) in [6, 6.07) is 11.4. The number of hydrogen-bond acceptors (Lipinski definition) is 6. The molecule has 0 unspecified atom stereocenters. The van der Waals surface area contributed by atoms with Gasteiger partial charge in [-0.25, -0.2) is 9.97 Å². The Labute approximate surface area is 149 Å². The number of anilines is 1. The van der Waals surface area contributed by atoms with E-state index in [2.05, 4.69) is 27.9 Å². The van der Waals surface area contributed by atoms with Crippen LogP contribution in [-0.4, -0.2) is 21.7 Å². The number of nitrogens with two attached hydrogens (primary N) is 1. The van der Waals surface area contributed by atoms with Gasteiger partial charge in [0.2, 0.25) is 0 Å². The van der Waals surface area contributed by atoms with Gasteiger partial charge < -0.3 is 10.8 Å². The highest BCUT2D eigenvalue weighted by Crippen LogP contribution is 2.33. The molecule has 5 nitrogen and oxygen atoms in total. The van der Waals surface area contributed by atoms with E-state index in [-0.39, 0.29) is 12.4 Å². The summed E-state index contributed by atoms with van der Waals surface area (Å²) in [7, 11) is 0. The van der Waals surface area contributed by atoms with Crippen molar-refractivity contribution in [2.24, 2.45) is 0 Å². The fourth-order valence-electron chi connectivity index (χ4n) is 2.45. The molecule has 122 valence electrons. The third-order valence-corrected chi connectivity index (χ3v) is 4.60. The van der Waals surface area contributed by atoms with Crippen LogP contribution in [0.25, 0.3) is 21.7 Å². The van der Waals surface area contributed by atoms with Gasteiger partial charge in [0.1, 0.15) is 24.1 Å². The standard InChI is InChI=1S/C19H14N4OS/c1-12-18(25-11-22-12)17-9-15(16(10-20)19(21)23-17)14-6-4-13(5-7-14)3-2-8-24/h4-7,9,11,24H,8H2,1H3,(H2,21,23). The van der Waals surface area contributed by atoms with Crippen LogP contribution in [0.5, 0.6) is 0 Å². The molecule has 2 heterocycles. The second-order valence-electron chi connectivity index (χ2n) is 5.23. The van der Waals surface area contributed by atoms with E-state index in [0.29, 0.717) is 11.3 Å². The summed E-state index contributed by atoms with van der Waals surface area (Å²) in [5, 5.41) is 18.2. The normalized spacial score (nSPS) is 9.96. The number of rotatable bonds is 2. The van der Waals surface area contributed by atoms with Crippen molar-refractivity contribution in [3.8, 4) is 39.6 Å². The molecule has 0 spiro atoms. The maximum Gasteiger partial charge on any atom is 0.142 e. The third kappa shape index (κ3) is 3.36. The molecule has 3 aromatic rings. The minimum absolute atomic E-state index is 0.182. The molecule has 3 rings (SSSR count). The molecule has 0 aliphatic rings. The smallest absolute Gasteiger partial charge is 0.142 e. The number of nitrogen functional groups attached to an aromatic ring is 1. The summed E-state index contributed by atoms with van der Waals surface area (Å²) < 4.78 is 0. The van der Waals surface area contributed by atoms with Crippen LogP contribution >= 0.6 is 11.3 Å². The van der Waals surface area contributed by atoms with Gasteiger partial charge >= 0.3 is 0 Å². The molecule has 0 atom stereocenters. The van der Waals surface area contributed by atoms with Crippen LogP contribution in [0.15, 0.2) is 35.8 Å². The topological polar surface area (TPSA) is 95.8 Å². The largest absolute Gasteiger partial charge is 0.384 e. The molecule has 0 fully saturated rings. The quantitative estimate of drug-likeness (QED) is 0.696. The van der Waals surface area contributed by atoms with Crippen molar-refractivity contribution in [2.75, 3.05) is 12.3 Å². The number of aryl methyl sites for hydroxylation is 1. The zero-order chi connectivity index (χ0) is 17.8. The Kier molecular flexibility index (Phi) is 4.76. The van der Waals surface area contributed by atoms with Crippen molar-refractivity contribution in [1.29, 1.82) is 5.26 Å². The van der Waals surface area contributed by atoms with Gasteiger partial charge in [-0.15, -0.1) is 11.3 Å². The van der Waals surface area contributed by atoms with Gasteiger partial charge in [-0.05, 0) is 30.7 Å². The van der Waals surface area contributed by atoms with Crippen LogP contribution < -0.4 is 5.73 Å². The fraction of sp³-hybridized carbons (Fsp3) is 0.105. The molecule has 0 aliphatic carbocycles. The summed E-state index contributed by atoms with van der Waals surface area (Å²) in [6.07, 6.45) is 0. The van der Waals surface area contributed by atoms with Gasteiger partial charge in [-0.3, -0.25) is 0 Å². The molecule has 0 bridgehead atoms. The predicted molar refractivity (Wildman–Crippen MR) is 98.6 cm³/mol. The van der Waals surface area contributed by atoms with E-state index in [4.69, 9.17) is 10.8 Å². The molecule has 0 radical (unpaired) electrons. The highest BCUT2D eigenvalue weighted by molar-refractivity contribution is 7.13. The molecular weight excluding hydrogens is 332 g/mol. The molecule has 0 saturated heterocycles. The van der Waals surface area contributed by atoms with E-state index >= 15 is 0 Å².